The number of carboxylic acids is 1. The van der Waals surface area contributed by atoms with Crippen LogP contribution in [0, 0.1) is 6.92 Å². The second kappa shape index (κ2) is 5.75. The van der Waals surface area contributed by atoms with Crippen LogP contribution in [0.2, 0.25) is 0 Å². The van der Waals surface area contributed by atoms with Gasteiger partial charge in [-0.05, 0) is 46.3 Å². The molecule has 1 aliphatic rings. The van der Waals surface area contributed by atoms with Crippen LogP contribution in [0.25, 0.3) is 0 Å². The predicted molar refractivity (Wildman–Crippen MR) is 72.4 cm³/mol. The molecule has 0 aromatic carbocycles. The molecule has 0 amide bonds. The number of likely N-dealkylation sites (tertiary alicyclic amines) is 1. The van der Waals surface area contributed by atoms with Gasteiger partial charge in [0.25, 0.3) is 0 Å². The second-order valence-electron chi connectivity index (χ2n) is 5.46. The summed E-state index contributed by atoms with van der Waals surface area (Å²) in [5.74, 6) is -0.258. The highest BCUT2D eigenvalue weighted by molar-refractivity contribution is 5.86. The summed E-state index contributed by atoms with van der Waals surface area (Å²) in [6.45, 7) is 5.67. The SMILES string of the molecule is Cc1cc(CNC2CCN(C)C(C)C2)oc1C(=O)O. The molecule has 0 bridgehead atoms. The highest BCUT2D eigenvalue weighted by Crippen LogP contribution is 2.18. The van der Waals surface area contributed by atoms with Crippen LogP contribution in [0.4, 0.5) is 0 Å². The zero-order valence-electron chi connectivity index (χ0n) is 11.8. The van der Waals surface area contributed by atoms with Gasteiger partial charge >= 0.3 is 5.97 Å². The average Bonchev–Trinajstić information content (AvgIpc) is 2.72. The molecule has 0 spiro atoms. The molecule has 2 rings (SSSR count). The number of nitrogens with one attached hydrogen (secondary N) is 1. The minimum Gasteiger partial charge on any atom is -0.475 e. The van der Waals surface area contributed by atoms with Gasteiger partial charge in [0.05, 0.1) is 6.54 Å². The molecule has 1 fully saturated rings. The first kappa shape index (κ1) is 14.1. The number of nitrogens with zero attached hydrogens (tertiary/aromatic N) is 1. The predicted octanol–water partition coefficient (Wildman–Crippen LogP) is 1.86. The van der Waals surface area contributed by atoms with Crippen LogP contribution in [0.1, 0.15) is 41.6 Å². The maximum absolute atomic E-state index is 10.9. The Labute approximate surface area is 113 Å². The van der Waals surface area contributed by atoms with E-state index in [1.807, 2.05) is 0 Å². The van der Waals surface area contributed by atoms with Crippen molar-refractivity contribution in [1.82, 2.24) is 10.2 Å². The first-order valence-electron chi connectivity index (χ1n) is 6.73. The van der Waals surface area contributed by atoms with E-state index in [4.69, 9.17) is 9.52 Å². The summed E-state index contributed by atoms with van der Waals surface area (Å²) >= 11 is 0. The standard InChI is InChI=1S/C14H22N2O3/c1-9-6-12(19-13(9)14(17)18)8-15-11-4-5-16(3)10(2)7-11/h6,10-11,15H,4-5,7-8H2,1-3H3,(H,17,18). The lowest BCUT2D eigenvalue weighted by Gasteiger charge is -2.35. The molecule has 0 radical (unpaired) electrons. The first-order chi connectivity index (χ1) is 8.97. The lowest BCUT2D eigenvalue weighted by molar-refractivity contribution is 0.0659. The highest BCUT2D eigenvalue weighted by atomic mass is 16.4. The summed E-state index contributed by atoms with van der Waals surface area (Å²) in [6, 6.07) is 2.86. The summed E-state index contributed by atoms with van der Waals surface area (Å²) in [4.78, 5) is 13.3. The van der Waals surface area contributed by atoms with Crippen LogP contribution in [0.15, 0.2) is 10.5 Å². The molecule has 106 valence electrons. The van der Waals surface area contributed by atoms with Crippen molar-refractivity contribution < 1.29 is 14.3 Å². The van der Waals surface area contributed by atoms with Crippen molar-refractivity contribution in [3.63, 3.8) is 0 Å². The lowest BCUT2D eigenvalue weighted by Crippen LogP contribution is -2.45. The Morgan fingerprint density at radius 3 is 2.95 bits per heavy atom. The highest BCUT2D eigenvalue weighted by Gasteiger charge is 2.22. The number of hydrogen-bond acceptors (Lipinski definition) is 4. The Balaban J connectivity index is 1.89. The smallest absolute Gasteiger partial charge is 0.372 e. The van der Waals surface area contributed by atoms with Crippen molar-refractivity contribution >= 4 is 5.97 Å². The number of rotatable bonds is 4. The third-order valence-corrected chi connectivity index (χ3v) is 3.94. The largest absolute Gasteiger partial charge is 0.475 e. The van der Waals surface area contributed by atoms with Gasteiger partial charge in [0.1, 0.15) is 5.76 Å². The monoisotopic (exact) mass is 266 g/mol. The minimum absolute atomic E-state index is 0.0496. The van der Waals surface area contributed by atoms with E-state index in [0.717, 1.165) is 19.4 Å². The molecule has 1 saturated heterocycles. The Kier molecular flexibility index (Phi) is 4.27. The van der Waals surface area contributed by atoms with E-state index in [0.29, 0.717) is 30.0 Å². The summed E-state index contributed by atoms with van der Waals surface area (Å²) in [5.41, 5.74) is 0.682. The van der Waals surface area contributed by atoms with Gasteiger partial charge in [0.15, 0.2) is 0 Å². The number of aryl methyl sites for hydroxylation is 1. The maximum atomic E-state index is 10.9. The molecule has 5 nitrogen and oxygen atoms in total. The molecular weight excluding hydrogens is 244 g/mol. The number of aromatic carboxylic acids is 1. The molecule has 1 aliphatic heterocycles. The van der Waals surface area contributed by atoms with Crippen LogP contribution >= 0.6 is 0 Å². The minimum atomic E-state index is -1.00. The van der Waals surface area contributed by atoms with E-state index < -0.39 is 5.97 Å². The Morgan fingerprint density at radius 1 is 1.63 bits per heavy atom. The molecule has 0 saturated carbocycles. The molecular formula is C14H22N2O3. The quantitative estimate of drug-likeness (QED) is 0.870. The molecule has 2 N–H and O–H groups in total. The number of piperidine rings is 1. The van der Waals surface area contributed by atoms with Gasteiger partial charge in [-0.15, -0.1) is 0 Å². The zero-order chi connectivity index (χ0) is 14.0. The van der Waals surface area contributed by atoms with Crippen molar-refractivity contribution in [2.75, 3.05) is 13.6 Å². The fourth-order valence-electron chi connectivity index (χ4n) is 2.57. The van der Waals surface area contributed by atoms with Gasteiger partial charge in [0, 0.05) is 17.6 Å². The zero-order valence-corrected chi connectivity index (χ0v) is 11.8. The van der Waals surface area contributed by atoms with E-state index in [2.05, 4.69) is 24.2 Å². The van der Waals surface area contributed by atoms with Gasteiger partial charge in [-0.2, -0.15) is 0 Å². The average molecular weight is 266 g/mol. The summed E-state index contributed by atoms with van der Waals surface area (Å²) in [5, 5.41) is 12.4. The Morgan fingerprint density at radius 2 is 2.37 bits per heavy atom. The Bertz CT molecular complexity index is 456. The van der Waals surface area contributed by atoms with E-state index in [1.165, 1.54) is 0 Å². The van der Waals surface area contributed by atoms with Crippen molar-refractivity contribution in [3.8, 4) is 0 Å². The molecule has 2 unspecified atom stereocenters. The summed E-state index contributed by atoms with van der Waals surface area (Å²) in [7, 11) is 2.15. The second-order valence-corrected chi connectivity index (χ2v) is 5.46. The third kappa shape index (κ3) is 3.36. The van der Waals surface area contributed by atoms with Crippen molar-refractivity contribution in [2.45, 2.75) is 45.3 Å². The topological polar surface area (TPSA) is 65.7 Å². The molecule has 19 heavy (non-hydrogen) atoms. The lowest BCUT2D eigenvalue weighted by atomic mass is 9.99. The van der Waals surface area contributed by atoms with E-state index in [1.54, 1.807) is 13.0 Å². The van der Waals surface area contributed by atoms with Crippen molar-refractivity contribution in [3.05, 3.63) is 23.2 Å². The van der Waals surface area contributed by atoms with E-state index in [9.17, 15) is 4.79 Å². The molecule has 5 heteroatoms. The van der Waals surface area contributed by atoms with Gasteiger partial charge in [0.2, 0.25) is 5.76 Å². The maximum Gasteiger partial charge on any atom is 0.372 e. The molecule has 2 atom stereocenters. The fraction of sp³-hybridized carbons (Fsp3) is 0.643. The summed E-state index contributed by atoms with van der Waals surface area (Å²) in [6.07, 6.45) is 2.23. The van der Waals surface area contributed by atoms with Gasteiger partial charge in [-0.1, -0.05) is 0 Å². The van der Waals surface area contributed by atoms with Gasteiger partial charge in [-0.3, -0.25) is 0 Å². The van der Waals surface area contributed by atoms with E-state index in [-0.39, 0.29) is 5.76 Å². The van der Waals surface area contributed by atoms with Gasteiger partial charge < -0.3 is 19.7 Å². The molecule has 0 aliphatic carbocycles. The van der Waals surface area contributed by atoms with Gasteiger partial charge in [-0.25, -0.2) is 4.79 Å². The Hall–Kier alpha value is -1.33. The van der Waals surface area contributed by atoms with Crippen LogP contribution in [0.3, 0.4) is 0 Å². The van der Waals surface area contributed by atoms with Crippen LogP contribution in [-0.4, -0.2) is 41.7 Å². The molecule has 1 aromatic rings. The number of furan rings is 1. The van der Waals surface area contributed by atoms with Crippen molar-refractivity contribution in [1.29, 1.82) is 0 Å². The summed E-state index contributed by atoms with van der Waals surface area (Å²) < 4.78 is 5.34. The van der Waals surface area contributed by atoms with Crippen LogP contribution in [-0.2, 0) is 6.54 Å². The fourth-order valence-corrected chi connectivity index (χ4v) is 2.57. The van der Waals surface area contributed by atoms with Crippen LogP contribution < -0.4 is 5.32 Å². The molecule has 1 aromatic heterocycles. The normalized spacial score (nSPS) is 24.6. The van der Waals surface area contributed by atoms with Crippen molar-refractivity contribution in [2.24, 2.45) is 0 Å². The number of carboxylic acid groups (broad SMARTS) is 1. The van der Waals surface area contributed by atoms with E-state index >= 15 is 0 Å². The number of hydrogen-bond donors (Lipinski definition) is 2. The number of carbonyl (C=O) groups is 1. The third-order valence-electron chi connectivity index (χ3n) is 3.94. The van der Waals surface area contributed by atoms with Crippen LogP contribution in [0.5, 0.6) is 0 Å². The molecule has 2 heterocycles. The first-order valence-corrected chi connectivity index (χ1v) is 6.73.